The minimum Gasteiger partial charge on any atom is -0.319 e. The van der Waals surface area contributed by atoms with Crippen molar-refractivity contribution in [1.82, 2.24) is 5.32 Å². The van der Waals surface area contributed by atoms with E-state index < -0.39 is 0 Å². The molecule has 4 heteroatoms. The van der Waals surface area contributed by atoms with E-state index in [1.54, 1.807) is 0 Å². The second-order valence-corrected chi connectivity index (χ2v) is 5.20. The molecule has 1 N–H and O–H groups in total. The molecule has 0 radical (unpaired) electrons. The van der Waals surface area contributed by atoms with Crippen molar-refractivity contribution in [3.05, 3.63) is 66.2 Å². The molecule has 0 aliphatic rings. The maximum Gasteiger partial charge on any atom is 0.231 e. The number of hydrogen-bond donors (Lipinski definition) is 1. The van der Waals surface area contributed by atoms with Crippen LogP contribution in [0.15, 0.2) is 60.7 Å². The zero-order valence-electron chi connectivity index (χ0n) is 13.0. The number of benzene rings is 2. The molecule has 0 aromatic heterocycles. The van der Waals surface area contributed by atoms with Crippen LogP contribution in [-0.2, 0) is 11.3 Å². The van der Waals surface area contributed by atoms with Crippen molar-refractivity contribution in [1.29, 1.82) is 0 Å². The number of anilines is 1. The number of amides is 1. The van der Waals surface area contributed by atoms with E-state index in [0.29, 0.717) is 13.1 Å². The molecule has 0 bridgehead atoms. The zero-order valence-corrected chi connectivity index (χ0v) is 13.8. The topological polar surface area (TPSA) is 32.3 Å². The molecule has 0 saturated carbocycles. The van der Waals surface area contributed by atoms with E-state index in [-0.39, 0.29) is 24.2 Å². The molecule has 2 aromatic carbocycles. The lowest BCUT2D eigenvalue weighted by molar-refractivity contribution is -0.121. The Kier molecular flexibility index (Phi) is 7.64. The van der Waals surface area contributed by atoms with Gasteiger partial charge in [-0.25, -0.2) is 0 Å². The average Bonchev–Trinajstić information content (AvgIpc) is 2.54. The fourth-order valence-electron chi connectivity index (χ4n) is 2.33. The van der Waals surface area contributed by atoms with Crippen molar-refractivity contribution in [3.8, 4) is 0 Å². The molecule has 3 nitrogen and oxygen atoms in total. The van der Waals surface area contributed by atoms with Gasteiger partial charge < -0.3 is 10.2 Å². The van der Waals surface area contributed by atoms with Crippen molar-refractivity contribution in [2.45, 2.75) is 13.5 Å². The molecule has 0 heterocycles. The summed E-state index contributed by atoms with van der Waals surface area (Å²) in [7, 11) is 1.87. The molecule has 1 amide bonds. The second-order valence-electron chi connectivity index (χ2n) is 5.20. The van der Waals surface area contributed by atoms with Crippen LogP contribution in [0.3, 0.4) is 0 Å². The van der Waals surface area contributed by atoms with E-state index in [1.807, 2.05) is 79.5 Å². The van der Waals surface area contributed by atoms with E-state index in [2.05, 4.69) is 5.32 Å². The van der Waals surface area contributed by atoms with Gasteiger partial charge in [0, 0.05) is 18.2 Å². The summed E-state index contributed by atoms with van der Waals surface area (Å²) in [6.45, 7) is 3.23. The minimum atomic E-state index is -0.0566. The molecule has 22 heavy (non-hydrogen) atoms. The Labute approximate surface area is 138 Å². The lowest BCUT2D eigenvalue weighted by Gasteiger charge is -2.26. The smallest absolute Gasteiger partial charge is 0.231 e. The van der Waals surface area contributed by atoms with E-state index in [4.69, 9.17) is 0 Å². The summed E-state index contributed by atoms with van der Waals surface area (Å²) in [5.41, 5.74) is 2.07. The normalized spacial score (nSPS) is 11.4. The molecule has 0 fully saturated rings. The highest BCUT2D eigenvalue weighted by Gasteiger charge is 2.21. The maximum atomic E-state index is 12.7. The minimum absolute atomic E-state index is 0. The first-order chi connectivity index (χ1) is 10.2. The Hall–Kier alpha value is -1.84. The molecule has 0 spiro atoms. The predicted octanol–water partition coefficient (Wildman–Crippen LogP) is 3.50. The van der Waals surface area contributed by atoms with Crippen LogP contribution in [0.5, 0.6) is 0 Å². The molecule has 2 aromatic rings. The highest BCUT2D eigenvalue weighted by atomic mass is 35.5. The number of rotatable bonds is 6. The zero-order chi connectivity index (χ0) is 15.1. The summed E-state index contributed by atoms with van der Waals surface area (Å²) < 4.78 is 0. The van der Waals surface area contributed by atoms with Crippen LogP contribution in [0.1, 0.15) is 12.5 Å². The van der Waals surface area contributed by atoms with Crippen LogP contribution < -0.4 is 10.2 Å². The molecule has 0 aliphatic carbocycles. The highest BCUT2D eigenvalue weighted by molar-refractivity contribution is 5.94. The summed E-state index contributed by atoms with van der Waals surface area (Å²) >= 11 is 0. The maximum absolute atomic E-state index is 12.7. The van der Waals surface area contributed by atoms with Crippen molar-refractivity contribution in [2.75, 3.05) is 18.5 Å². The Morgan fingerprint density at radius 3 is 2.14 bits per heavy atom. The number of nitrogens with zero attached hydrogens (tertiary/aromatic N) is 1. The number of halogens is 1. The molecule has 1 atom stereocenters. The summed E-state index contributed by atoms with van der Waals surface area (Å²) in [4.78, 5) is 14.6. The van der Waals surface area contributed by atoms with Crippen LogP contribution in [0.2, 0.25) is 0 Å². The number of hydrogen-bond acceptors (Lipinski definition) is 2. The Bertz CT molecular complexity index is 560. The fourth-order valence-corrected chi connectivity index (χ4v) is 2.33. The van der Waals surface area contributed by atoms with Crippen molar-refractivity contribution < 1.29 is 4.79 Å². The number of carbonyl (C=O) groups excluding carboxylic acids is 1. The standard InChI is InChI=1S/C18H22N2O.ClH/c1-15(13-19-2)18(21)20(17-11-7-4-8-12-17)14-16-9-5-3-6-10-16;/h3-12,15,19H,13-14H2,1-2H3;1H. The number of para-hydroxylation sites is 1. The first-order valence-corrected chi connectivity index (χ1v) is 7.27. The molecule has 1 unspecified atom stereocenters. The van der Waals surface area contributed by atoms with E-state index >= 15 is 0 Å². The van der Waals surface area contributed by atoms with Gasteiger partial charge in [0.25, 0.3) is 0 Å². The average molecular weight is 319 g/mol. The molecule has 118 valence electrons. The summed E-state index contributed by atoms with van der Waals surface area (Å²) in [5, 5.41) is 3.07. The lowest BCUT2D eigenvalue weighted by atomic mass is 10.1. The van der Waals surface area contributed by atoms with Gasteiger partial charge in [-0.15, -0.1) is 12.4 Å². The van der Waals surface area contributed by atoms with Gasteiger partial charge >= 0.3 is 0 Å². The summed E-state index contributed by atoms with van der Waals surface area (Å²) in [5.74, 6) is 0.0818. The largest absolute Gasteiger partial charge is 0.319 e. The van der Waals surface area contributed by atoms with Gasteiger partial charge in [-0.1, -0.05) is 55.5 Å². The number of nitrogens with one attached hydrogen (secondary N) is 1. The Morgan fingerprint density at radius 2 is 1.59 bits per heavy atom. The first kappa shape index (κ1) is 18.2. The second kappa shape index (κ2) is 9.23. The van der Waals surface area contributed by atoms with Gasteiger partial charge in [0.1, 0.15) is 0 Å². The quantitative estimate of drug-likeness (QED) is 0.884. The Morgan fingerprint density at radius 1 is 1.05 bits per heavy atom. The van der Waals surface area contributed by atoms with Gasteiger partial charge in [0.15, 0.2) is 0 Å². The molecular weight excluding hydrogens is 296 g/mol. The molecular formula is C18H23ClN2O. The third kappa shape index (κ3) is 4.86. The number of carbonyl (C=O) groups is 1. The van der Waals surface area contributed by atoms with Crippen molar-refractivity contribution in [3.63, 3.8) is 0 Å². The van der Waals surface area contributed by atoms with Crippen LogP contribution in [0.25, 0.3) is 0 Å². The molecule has 0 saturated heterocycles. The van der Waals surface area contributed by atoms with Gasteiger partial charge in [-0.2, -0.15) is 0 Å². The van der Waals surface area contributed by atoms with Gasteiger partial charge in [0.2, 0.25) is 5.91 Å². The summed E-state index contributed by atoms with van der Waals surface area (Å²) in [6.07, 6.45) is 0. The first-order valence-electron chi connectivity index (χ1n) is 7.27. The van der Waals surface area contributed by atoms with Gasteiger partial charge in [-0.3, -0.25) is 4.79 Å². The molecule has 2 rings (SSSR count). The van der Waals surface area contributed by atoms with E-state index in [1.165, 1.54) is 0 Å². The third-order valence-electron chi connectivity index (χ3n) is 3.45. The van der Waals surface area contributed by atoms with Crippen LogP contribution in [0, 0.1) is 5.92 Å². The monoisotopic (exact) mass is 318 g/mol. The fraction of sp³-hybridized carbons (Fsp3) is 0.278. The van der Waals surface area contributed by atoms with Crippen LogP contribution in [-0.4, -0.2) is 19.5 Å². The van der Waals surface area contributed by atoms with Crippen LogP contribution >= 0.6 is 12.4 Å². The van der Waals surface area contributed by atoms with E-state index in [9.17, 15) is 4.79 Å². The van der Waals surface area contributed by atoms with Gasteiger partial charge in [-0.05, 0) is 24.7 Å². The van der Waals surface area contributed by atoms with Crippen molar-refractivity contribution in [2.24, 2.45) is 5.92 Å². The SMILES string of the molecule is CNCC(C)C(=O)N(Cc1ccccc1)c1ccccc1.Cl. The lowest BCUT2D eigenvalue weighted by Crippen LogP contribution is -2.38. The van der Waals surface area contributed by atoms with Crippen LogP contribution in [0.4, 0.5) is 5.69 Å². The highest BCUT2D eigenvalue weighted by Crippen LogP contribution is 2.19. The van der Waals surface area contributed by atoms with Gasteiger partial charge in [0.05, 0.1) is 6.54 Å². The van der Waals surface area contributed by atoms with E-state index in [0.717, 1.165) is 11.3 Å². The summed E-state index contributed by atoms with van der Waals surface area (Å²) in [6, 6.07) is 19.9. The Balaban J connectivity index is 0.00000242. The van der Waals surface area contributed by atoms with Crippen molar-refractivity contribution >= 4 is 24.0 Å². The predicted molar refractivity (Wildman–Crippen MR) is 94.4 cm³/mol. The molecule has 0 aliphatic heterocycles. The third-order valence-corrected chi connectivity index (χ3v) is 3.45.